The summed E-state index contributed by atoms with van der Waals surface area (Å²) in [6.07, 6.45) is 0. The number of sulfonamides is 1. The number of nitro benzene ring substituents is 1. The molecule has 2 rings (SSSR count). The lowest BCUT2D eigenvalue weighted by atomic mass is 10.2. The minimum atomic E-state index is -3.79. The first-order valence-corrected chi connectivity index (χ1v) is 8.78. The molecule has 0 bridgehead atoms. The lowest BCUT2D eigenvalue weighted by Crippen LogP contribution is -2.33. The van der Waals surface area contributed by atoms with E-state index in [1.54, 1.807) is 19.1 Å². The number of hydrogen-bond acceptors (Lipinski definition) is 5. The van der Waals surface area contributed by atoms with Crippen LogP contribution in [-0.2, 0) is 14.8 Å². The number of amides is 1. The minimum absolute atomic E-state index is 0.0671. The van der Waals surface area contributed by atoms with E-state index in [-0.39, 0.29) is 10.6 Å². The van der Waals surface area contributed by atoms with Crippen LogP contribution in [0.2, 0.25) is 0 Å². The van der Waals surface area contributed by atoms with Crippen molar-refractivity contribution in [3.05, 3.63) is 63.7 Å². The third-order valence-electron chi connectivity index (χ3n) is 3.45. The Balaban J connectivity index is 2.01. The number of nitrogens with one attached hydrogen (secondary N) is 2. The largest absolute Gasteiger partial charge is 0.325 e. The molecule has 132 valence electrons. The van der Waals surface area contributed by atoms with E-state index < -0.39 is 27.4 Å². The Labute approximate surface area is 145 Å². The second kappa shape index (κ2) is 7.41. The maximum atomic E-state index is 12.1. The maximum absolute atomic E-state index is 12.1. The number of benzene rings is 2. The fraction of sp³-hybridized carbons (Fsp3) is 0.188. The highest BCUT2D eigenvalue weighted by atomic mass is 32.2. The van der Waals surface area contributed by atoms with Crippen LogP contribution in [0.25, 0.3) is 0 Å². The zero-order valence-electron chi connectivity index (χ0n) is 13.6. The first-order valence-electron chi connectivity index (χ1n) is 7.30. The molecule has 25 heavy (non-hydrogen) atoms. The number of anilines is 1. The van der Waals surface area contributed by atoms with E-state index >= 15 is 0 Å². The van der Waals surface area contributed by atoms with E-state index in [1.165, 1.54) is 30.3 Å². The molecule has 0 fully saturated rings. The van der Waals surface area contributed by atoms with Gasteiger partial charge in [0.25, 0.3) is 5.69 Å². The van der Waals surface area contributed by atoms with E-state index in [9.17, 15) is 23.3 Å². The van der Waals surface area contributed by atoms with Crippen molar-refractivity contribution in [1.82, 2.24) is 4.72 Å². The van der Waals surface area contributed by atoms with Crippen LogP contribution in [0.5, 0.6) is 0 Å². The molecule has 0 aliphatic heterocycles. The van der Waals surface area contributed by atoms with Gasteiger partial charge in [0.15, 0.2) is 0 Å². The Morgan fingerprint density at radius 3 is 2.32 bits per heavy atom. The summed E-state index contributed by atoms with van der Waals surface area (Å²) in [5.74, 6) is -0.576. The summed E-state index contributed by atoms with van der Waals surface area (Å²) in [4.78, 5) is 22.2. The molecular formula is C16H17N3O5S. The lowest BCUT2D eigenvalue weighted by molar-refractivity contribution is -0.384. The first kappa shape index (κ1) is 18.6. The highest BCUT2D eigenvalue weighted by molar-refractivity contribution is 7.89. The molecule has 0 radical (unpaired) electrons. The van der Waals surface area contributed by atoms with Gasteiger partial charge in [0.1, 0.15) is 0 Å². The summed E-state index contributed by atoms with van der Waals surface area (Å²) in [7, 11) is -3.79. The van der Waals surface area contributed by atoms with E-state index in [0.29, 0.717) is 11.3 Å². The normalized spacial score (nSPS) is 11.1. The predicted molar refractivity (Wildman–Crippen MR) is 92.8 cm³/mol. The molecule has 2 aromatic carbocycles. The average molecular weight is 363 g/mol. The predicted octanol–water partition coefficient (Wildman–Crippen LogP) is 2.13. The van der Waals surface area contributed by atoms with E-state index in [1.807, 2.05) is 6.92 Å². The second-order valence-corrected chi connectivity index (χ2v) is 7.21. The summed E-state index contributed by atoms with van der Waals surface area (Å²) < 4.78 is 26.5. The number of nitrogens with zero attached hydrogens (tertiary/aromatic N) is 1. The number of aryl methyl sites for hydroxylation is 2. The van der Waals surface area contributed by atoms with Crippen molar-refractivity contribution >= 4 is 27.3 Å². The van der Waals surface area contributed by atoms with E-state index in [2.05, 4.69) is 10.0 Å². The van der Waals surface area contributed by atoms with Crippen LogP contribution >= 0.6 is 0 Å². The monoisotopic (exact) mass is 363 g/mol. The molecule has 2 aromatic rings. The van der Waals surface area contributed by atoms with Crippen LogP contribution in [0, 0.1) is 24.0 Å². The van der Waals surface area contributed by atoms with Crippen molar-refractivity contribution in [2.75, 3.05) is 11.9 Å². The number of hydrogen-bond donors (Lipinski definition) is 2. The SMILES string of the molecule is Cc1ccc(S(=O)(=O)NCC(=O)Nc2ccc([N+](=O)[O-])cc2C)cc1. The number of non-ortho nitro benzene ring substituents is 1. The number of nitro groups is 1. The van der Waals surface area contributed by atoms with E-state index in [4.69, 9.17) is 0 Å². The van der Waals surface area contributed by atoms with Gasteiger partial charge < -0.3 is 5.32 Å². The van der Waals surface area contributed by atoms with Crippen LogP contribution in [0.3, 0.4) is 0 Å². The number of carbonyl (C=O) groups is 1. The molecule has 0 heterocycles. The zero-order valence-corrected chi connectivity index (χ0v) is 14.5. The Hall–Kier alpha value is -2.78. The number of carbonyl (C=O) groups excluding carboxylic acids is 1. The highest BCUT2D eigenvalue weighted by Gasteiger charge is 2.16. The van der Waals surface area contributed by atoms with Crippen molar-refractivity contribution < 1.29 is 18.1 Å². The molecule has 0 spiro atoms. The smallest absolute Gasteiger partial charge is 0.269 e. The fourth-order valence-electron chi connectivity index (χ4n) is 2.06. The van der Waals surface area contributed by atoms with Gasteiger partial charge >= 0.3 is 0 Å². The summed E-state index contributed by atoms with van der Waals surface area (Å²) in [6, 6.07) is 10.2. The molecule has 0 saturated carbocycles. The van der Waals surface area contributed by atoms with Crippen molar-refractivity contribution in [1.29, 1.82) is 0 Å². The third kappa shape index (κ3) is 4.85. The molecule has 8 nitrogen and oxygen atoms in total. The van der Waals surface area contributed by atoms with Gasteiger partial charge in [-0.15, -0.1) is 0 Å². The molecule has 0 unspecified atom stereocenters. The summed E-state index contributed by atoms with van der Waals surface area (Å²) in [5.41, 5.74) is 1.72. The van der Waals surface area contributed by atoms with Crippen molar-refractivity contribution in [2.24, 2.45) is 0 Å². The molecule has 0 saturated heterocycles. The van der Waals surface area contributed by atoms with Crippen LogP contribution in [0.4, 0.5) is 11.4 Å². The molecule has 0 atom stereocenters. The van der Waals surface area contributed by atoms with Gasteiger partial charge in [-0.25, -0.2) is 13.1 Å². The summed E-state index contributed by atoms with van der Waals surface area (Å²) in [6.45, 7) is 3.00. The molecule has 1 amide bonds. The van der Waals surface area contributed by atoms with Crippen LogP contribution in [-0.4, -0.2) is 25.8 Å². The molecule has 0 aliphatic carbocycles. The van der Waals surface area contributed by atoms with Gasteiger partial charge in [0.05, 0.1) is 16.4 Å². The standard InChI is InChI=1S/C16H17N3O5S/c1-11-3-6-14(7-4-11)25(23,24)17-10-16(20)18-15-8-5-13(19(21)22)9-12(15)2/h3-9,17H,10H2,1-2H3,(H,18,20). The fourth-order valence-corrected chi connectivity index (χ4v) is 3.04. The van der Waals surface area contributed by atoms with Gasteiger partial charge in [-0.2, -0.15) is 0 Å². The average Bonchev–Trinajstić information content (AvgIpc) is 2.55. The van der Waals surface area contributed by atoms with Crippen LogP contribution < -0.4 is 10.0 Å². The Morgan fingerprint density at radius 1 is 1.12 bits per heavy atom. The quantitative estimate of drug-likeness (QED) is 0.602. The van der Waals surface area contributed by atoms with Gasteiger partial charge in [-0.3, -0.25) is 14.9 Å². The topological polar surface area (TPSA) is 118 Å². The zero-order chi connectivity index (χ0) is 18.6. The van der Waals surface area contributed by atoms with Crippen molar-refractivity contribution in [3.8, 4) is 0 Å². The summed E-state index contributed by atoms with van der Waals surface area (Å²) >= 11 is 0. The van der Waals surface area contributed by atoms with Gasteiger partial charge in [-0.05, 0) is 37.6 Å². The third-order valence-corrected chi connectivity index (χ3v) is 4.87. The maximum Gasteiger partial charge on any atom is 0.269 e. The molecule has 0 aromatic heterocycles. The minimum Gasteiger partial charge on any atom is -0.325 e. The van der Waals surface area contributed by atoms with Crippen molar-refractivity contribution in [3.63, 3.8) is 0 Å². The first-order chi connectivity index (χ1) is 11.7. The molecule has 9 heteroatoms. The Morgan fingerprint density at radius 2 is 1.76 bits per heavy atom. The molecular weight excluding hydrogens is 346 g/mol. The van der Waals surface area contributed by atoms with Crippen LogP contribution in [0.15, 0.2) is 47.4 Å². The van der Waals surface area contributed by atoms with Crippen LogP contribution in [0.1, 0.15) is 11.1 Å². The number of rotatable bonds is 6. The second-order valence-electron chi connectivity index (χ2n) is 5.44. The highest BCUT2D eigenvalue weighted by Crippen LogP contribution is 2.21. The van der Waals surface area contributed by atoms with E-state index in [0.717, 1.165) is 5.56 Å². The van der Waals surface area contributed by atoms with Gasteiger partial charge in [-0.1, -0.05) is 17.7 Å². The van der Waals surface area contributed by atoms with Crippen molar-refractivity contribution in [2.45, 2.75) is 18.7 Å². The summed E-state index contributed by atoms with van der Waals surface area (Å²) in [5, 5.41) is 13.2. The van der Waals surface area contributed by atoms with Gasteiger partial charge in [0, 0.05) is 17.8 Å². The Bertz CT molecular complexity index is 908. The van der Waals surface area contributed by atoms with Gasteiger partial charge in [0.2, 0.25) is 15.9 Å². The lowest BCUT2D eigenvalue weighted by Gasteiger charge is -2.10. The Kier molecular flexibility index (Phi) is 5.50. The molecule has 0 aliphatic rings. The molecule has 2 N–H and O–H groups in total.